The quantitative estimate of drug-likeness (QED) is 0.351. The lowest BCUT2D eigenvalue weighted by molar-refractivity contribution is -0.0142. The summed E-state index contributed by atoms with van der Waals surface area (Å²) in [5, 5.41) is 23.7. The Balaban J connectivity index is 0.00000241. The molecular weight excluding hydrogens is 442 g/mol. The van der Waals surface area contributed by atoms with Crippen LogP contribution in [0.5, 0.6) is 11.5 Å². The number of rotatable bonds is 6. The summed E-state index contributed by atoms with van der Waals surface area (Å²) in [6.45, 7) is 0.885. The van der Waals surface area contributed by atoms with Gasteiger partial charge in [-0.05, 0) is 102 Å². The van der Waals surface area contributed by atoms with Crippen LogP contribution in [0.15, 0.2) is 72.8 Å². The largest absolute Gasteiger partial charge is 0.508 e. The van der Waals surface area contributed by atoms with Crippen molar-refractivity contribution in [2.24, 2.45) is 23.7 Å². The highest BCUT2D eigenvalue weighted by molar-refractivity contribution is 5.85. The van der Waals surface area contributed by atoms with E-state index in [1.54, 1.807) is 24.3 Å². The Kier molecular flexibility index (Phi) is 6.59. The standard InChI is InChI=1S/C30H33NO2.ClH/c32-26-9-5-21(6-10-26)29(22-7-11-27(33)12-8-22)28-4-2-1-3-23(28)18-31-30-24-14-19-13-20(16-24)17-25(30)15-19;/h1-12,19-20,24-25,29-33H,13-18H2;1H. The summed E-state index contributed by atoms with van der Waals surface area (Å²) in [4.78, 5) is 0. The zero-order valence-corrected chi connectivity index (χ0v) is 20.3. The molecule has 0 aliphatic heterocycles. The van der Waals surface area contributed by atoms with Crippen molar-refractivity contribution in [3.05, 3.63) is 95.1 Å². The van der Waals surface area contributed by atoms with Crippen LogP contribution in [0.3, 0.4) is 0 Å². The number of hydrogen-bond donors (Lipinski definition) is 3. The van der Waals surface area contributed by atoms with Gasteiger partial charge in [-0.3, -0.25) is 0 Å². The zero-order valence-electron chi connectivity index (χ0n) is 19.4. The highest BCUT2D eigenvalue weighted by Crippen LogP contribution is 2.53. The number of hydrogen-bond acceptors (Lipinski definition) is 3. The molecular formula is C30H34ClNO2. The maximum absolute atomic E-state index is 9.86. The van der Waals surface area contributed by atoms with Crippen LogP contribution in [0.1, 0.15) is 60.3 Å². The third kappa shape index (κ3) is 4.44. The second kappa shape index (κ2) is 9.64. The van der Waals surface area contributed by atoms with Gasteiger partial charge < -0.3 is 15.5 Å². The van der Waals surface area contributed by atoms with Gasteiger partial charge >= 0.3 is 0 Å². The minimum atomic E-state index is 0. The van der Waals surface area contributed by atoms with E-state index in [4.69, 9.17) is 0 Å². The van der Waals surface area contributed by atoms with E-state index < -0.39 is 0 Å². The first-order valence-corrected chi connectivity index (χ1v) is 12.5. The summed E-state index contributed by atoms with van der Waals surface area (Å²) in [6.07, 6.45) is 7.20. The summed E-state index contributed by atoms with van der Waals surface area (Å²) in [6, 6.07) is 24.5. The van der Waals surface area contributed by atoms with Gasteiger partial charge in [0.05, 0.1) is 0 Å². The maximum Gasteiger partial charge on any atom is 0.115 e. The van der Waals surface area contributed by atoms with E-state index in [0.717, 1.165) is 41.3 Å². The Morgan fingerprint density at radius 2 is 1.18 bits per heavy atom. The van der Waals surface area contributed by atoms with E-state index in [-0.39, 0.29) is 29.8 Å². The Morgan fingerprint density at radius 1 is 0.676 bits per heavy atom. The van der Waals surface area contributed by atoms with Crippen molar-refractivity contribution in [3.8, 4) is 11.5 Å². The zero-order chi connectivity index (χ0) is 22.4. The molecule has 0 radical (unpaired) electrons. The van der Waals surface area contributed by atoms with Crippen LogP contribution in [0.2, 0.25) is 0 Å². The summed E-state index contributed by atoms with van der Waals surface area (Å²) in [5.41, 5.74) is 4.89. The fourth-order valence-corrected chi connectivity index (χ4v) is 7.35. The lowest BCUT2D eigenvalue weighted by Gasteiger charge is -2.54. The van der Waals surface area contributed by atoms with Gasteiger partial charge in [0, 0.05) is 18.5 Å². The predicted molar refractivity (Wildman–Crippen MR) is 139 cm³/mol. The Bertz CT molecular complexity index is 1040. The molecule has 3 nitrogen and oxygen atoms in total. The third-order valence-corrected chi connectivity index (χ3v) is 8.57. The van der Waals surface area contributed by atoms with E-state index in [1.165, 1.54) is 43.2 Å². The summed E-state index contributed by atoms with van der Waals surface area (Å²) in [7, 11) is 0. The molecule has 4 aliphatic rings. The van der Waals surface area contributed by atoms with E-state index in [1.807, 2.05) is 24.3 Å². The maximum atomic E-state index is 9.86. The SMILES string of the molecule is Cl.Oc1ccc(C(c2ccc(O)cc2)c2ccccc2CNC2C3CC4CC(C3)CC2C4)cc1. The van der Waals surface area contributed by atoms with Gasteiger partial charge in [0.15, 0.2) is 0 Å². The van der Waals surface area contributed by atoms with Gasteiger partial charge in [-0.15, -0.1) is 12.4 Å². The number of halogens is 1. The second-order valence-corrected chi connectivity index (χ2v) is 10.7. The average Bonchev–Trinajstić information content (AvgIpc) is 2.82. The third-order valence-electron chi connectivity index (χ3n) is 8.57. The van der Waals surface area contributed by atoms with E-state index in [9.17, 15) is 10.2 Å². The molecule has 178 valence electrons. The van der Waals surface area contributed by atoms with E-state index in [2.05, 4.69) is 29.6 Å². The minimum Gasteiger partial charge on any atom is -0.508 e. The van der Waals surface area contributed by atoms with Gasteiger partial charge in [0.25, 0.3) is 0 Å². The van der Waals surface area contributed by atoms with Gasteiger partial charge in [-0.25, -0.2) is 0 Å². The molecule has 4 aliphatic carbocycles. The van der Waals surface area contributed by atoms with Crippen molar-refractivity contribution >= 4 is 12.4 Å². The van der Waals surface area contributed by atoms with Crippen LogP contribution in [0, 0.1) is 23.7 Å². The Morgan fingerprint density at radius 3 is 1.71 bits per heavy atom. The minimum absolute atomic E-state index is 0. The van der Waals surface area contributed by atoms with Crippen molar-refractivity contribution in [2.75, 3.05) is 0 Å². The first-order valence-electron chi connectivity index (χ1n) is 12.5. The molecule has 0 heterocycles. The van der Waals surface area contributed by atoms with Crippen molar-refractivity contribution in [2.45, 2.75) is 50.6 Å². The van der Waals surface area contributed by atoms with Gasteiger partial charge in [-0.1, -0.05) is 48.5 Å². The molecule has 4 saturated carbocycles. The molecule has 0 saturated heterocycles. The fraction of sp³-hybridized carbons (Fsp3) is 0.400. The highest BCUT2D eigenvalue weighted by Gasteiger charge is 2.47. The van der Waals surface area contributed by atoms with E-state index >= 15 is 0 Å². The number of nitrogens with one attached hydrogen (secondary N) is 1. The average molecular weight is 476 g/mol. The normalized spacial score (nSPS) is 27.0. The van der Waals surface area contributed by atoms with Crippen molar-refractivity contribution in [1.29, 1.82) is 0 Å². The lowest BCUT2D eigenvalue weighted by atomic mass is 9.54. The lowest BCUT2D eigenvalue weighted by Crippen LogP contribution is -2.54. The van der Waals surface area contributed by atoms with Crippen molar-refractivity contribution in [3.63, 3.8) is 0 Å². The van der Waals surface area contributed by atoms with Crippen LogP contribution in [0.4, 0.5) is 0 Å². The van der Waals surface area contributed by atoms with Gasteiger partial charge in [0.2, 0.25) is 0 Å². The predicted octanol–water partition coefficient (Wildman–Crippen LogP) is 6.61. The monoisotopic (exact) mass is 475 g/mol. The van der Waals surface area contributed by atoms with Crippen molar-refractivity contribution < 1.29 is 10.2 Å². The van der Waals surface area contributed by atoms with Crippen LogP contribution < -0.4 is 5.32 Å². The number of benzene rings is 3. The summed E-state index contributed by atoms with van der Waals surface area (Å²) in [5.74, 6) is 4.30. The molecule has 4 fully saturated rings. The molecule has 0 unspecified atom stereocenters. The van der Waals surface area contributed by atoms with Gasteiger partial charge in [-0.2, -0.15) is 0 Å². The molecule has 0 aromatic heterocycles. The molecule has 0 amide bonds. The van der Waals surface area contributed by atoms with Crippen LogP contribution >= 0.6 is 12.4 Å². The second-order valence-electron chi connectivity index (χ2n) is 10.7. The molecule has 34 heavy (non-hydrogen) atoms. The first kappa shape index (κ1) is 23.3. The van der Waals surface area contributed by atoms with Crippen LogP contribution in [-0.4, -0.2) is 16.3 Å². The topological polar surface area (TPSA) is 52.5 Å². The van der Waals surface area contributed by atoms with Crippen LogP contribution in [0.25, 0.3) is 0 Å². The highest BCUT2D eigenvalue weighted by atomic mass is 35.5. The Hall–Kier alpha value is -2.49. The fourth-order valence-electron chi connectivity index (χ4n) is 7.35. The molecule has 4 bridgehead atoms. The van der Waals surface area contributed by atoms with Crippen molar-refractivity contribution in [1.82, 2.24) is 5.32 Å². The Labute approximate surface area is 208 Å². The number of aromatic hydroxyl groups is 2. The van der Waals surface area contributed by atoms with Gasteiger partial charge in [0.1, 0.15) is 11.5 Å². The number of phenolic OH excluding ortho intramolecular Hbond substituents is 2. The molecule has 0 atom stereocenters. The molecule has 7 rings (SSSR count). The summed E-state index contributed by atoms with van der Waals surface area (Å²) >= 11 is 0. The van der Waals surface area contributed by atoms with E-state index in [0.29, 0.717) is 6.04 Å². The van der Waals surface area contributed by atoms with Crippen LogP contribution in [-0.2, 0) is 6.54 Å². The first-order chi connectivity index (χ1) is 16.1. The molecule has 3 N–H and O–H groups in total. The molecule has 0 spiro atoms. The smallest absolute Gasteiger partial charge is 0.115 e. The molecule has 4 heteroatoms. The molecule has 3 aromatic rings. The summed E-state index contributed by atoms with van der Waals surface area (Å²) < 4.78 is 0. The molecule has 3 aromatic carbocycles. The number of phenols is 2.